The van der Waals surface area contributed by atoms with Gasteiger partial charge in [0.1, 0.15) is 18.8 Å². The highest BCUT2D eigenvalue weighted by Gasteiger charge is 2.70. The Bertz CT molecular complexity index is 937. The van der Waals surface area contributed by atoms with Gasteiger partial charge in [-0.15, -0.1) is 0 Å². The molecule has 0 spiro atoms. The molecule has 0 radical (unpaired) electrons. The van der Waals surface area contributed by atoms with E-state index >= 15 is 0 Å². The predicted molar refractivity (Wildman–Crippen MR) is 104 cm³/mol. The van der Waals surface area contributed by atoms with Crippen LogP contribution in [0.15, 0.2) is 0 Å². The van der Waals surface area contributed by atoms with Crippen molar-refractivity contribution in [1.82, 2.24) is 0 Å². The number of carbonyl (C=O) groups excluding carboxylic acids is 3. The zero-order valence-electron chi connectivity index (χ0n) is 17.6. The van der Waals surface area contributed by atoms with E-state index in [0.717, 1.165) is 19.3 Å². The minimum Gasteiger partial charge on any atom is -0.748 e. The molecule has 176 valence electrons. The summed E-state index contributed by atoms with van der Waals surface area (Å²) in [6.07, 6.45) is 5.52. The number of ether oxygens (including phenoxy) is 3. The number of esters is 3. The minimum atomic E-state index is -4.51. The Labute approximate surface area is 186 Å². The third-order valence-corrected chi connectivity index (χ3v) is 9.78. The number of fused-ring (bicyclic) bond motifs is 1. The maximum Gasteiger partial charge on any atom is 0.312 e. The Morgan fingerprint density at radius 3 is 2.25 bits per heavy atom. The molecular weight excluding hydrogens is 440 g/mol. The largest absolute Gasteiger partial charge is 0.748 e. The molecule has 0 aromatic carbocycles. The van der Waals surface area contributed by atoms with E-state index in [0.29, 0.717) is 24.2 Å². The van der Waals surface area contributed by atoms with Gasteiger partial charge in [-0.1, -0.05) is 0 Å². The average molecular weight is 468 g/mol. The molecule has 6 bridgehead atoms. The van der Waals surface area contributed by atoms with Crippen molar-refractivity contribution in [3.05, 3.63) is 0 Å². The molecular formula is C22H27O9S-. The fourth-order valence-corrected chi connectivity index (χ4v) is 8.71. The standard InChI is InChI=1S/C22H28O9S/c23-19(29-1-2-32(26,27)28)15-13-6-14-16(15)20(24)30-17(14)18(13)31-21(25)22-7-10-3-11(8-22)5-12(4-10)9-22/h10-18H,1-9H2,(H,26,27,28)/p-1. The summed E-state index contributed by atoms with van der Waals surface area (Å²) in [5.41, 5.74) is -0.447. The summed E-state index contributed by atoms with van der Waals surface area (Å²) in [5, 5.41) is 0. The lowest BCUT2D eigenvalue weighted by Crippen LogP contribution is -2.52. The van der Waals surface area contributed by atoms with E-state index < -0.39 is 69.8 Å². The second-order valence-electron chi connectivity index (χ2n) is 11.0. The van der Waals surface area contributed by atoms with E-state index in [-0.39, 0.29) is 11.9 Å². The summed E-state index contributed by atoms with van der Waals surface area (Å²) in [6.45, 7) is -0.554. The van der Waals surface area contributed by atoms with Crippen LogP contribution in [-0.2, 0) is 38.7 Å². The number of rotatable bonds is 6. The summed E-state index contributed by atoms with van der Waals surface area (Å²) in [7, 11) is -4.51. The lowest BCUT2D eigenvalue weighted by molar-refractivity contribution is -0.187. The normalized spacial score (nSPS) is 47.5. The van der Waals surface area contributed by atoms with Crippen molar-refractivity contribution < 1.29 is 41.6 Å². The molecule has 0 aromatic rings. The third kappa shape index (κ3) is 3.12. The molecule has 1 aliphatic heterocycles. The molecule has 0 aromatic heterocycles. The van der Waals surface area contributed by atoms with E-state index in [9.17, 15) is 27.4 Å². The number of carbonyl (C=O) groups is 3. The van der Waals surface area contributed by atoms with Crippen molar-refractivity contribution in [2.45, 2.75) is 57.2 Å². The van der Waals surface area contributed by atoms with E-state index in [1.807, 2.05) is 0 Å². The molecule has 32 heavy (non-hydrogen) atoms. The van der Waals surface area contributed by atoms with E-state index in [2.05, 4.69) is 0 Å². The van der Waals surface area contributed by atoms with Gasteiger partial charge in [-0.05, 0) is 62.7 Å². The van der Waals surface area contributed by atoms with Crippen LogP contribution in [0.2, 0.25) is 0 Å². The SMILES string of the molecule is O=C1OC2C3CC(C2OC(=O)C24CC5CC(CC(C5)C2)C4)C(C(=O)OCCS(=O)(=O)[O-])C13. The smallest absolute Gasteiger partial charge is 0.312 e. The molecule has 0 N–H and O–H groups in total. The van der Waals surface area contributed by atoms with Crippen molar-refractivity contribution in [2.24, 2.45) is 46.8 Å². The van der Waals surface area contributed by atoms with Gasteiger partial charge in [0, 0.05) is 11.8 Å². The van der Waals surface area contributed by atoms with Gasteiger partial charge in [-0.3, -0.25) is 14.4 Å². The van der Waals surface area contributed by atoms with Crippen molar-refractivity contribution >= 4 is 28.0 Å². The van der Waals surface area contributed by atoms with Gasteiger partial charge in [0.05, 0.1) is 33.1 Å². The minimum absolute atomic E-state index is 0.206. The molecule has 1 heterocycles. The van der Waals surface area contributed by atoms with Crippen LogP contribution in [0.5, 0.6) is 0 Å². The Morgan fingerprint density at radius 1 is 1.03 bits per heavy atom. The number of hydrogen-bond acceptors (Lipinski definition) is 9. The Hall–Kier alpha value is -1.68. The predicted octanol–water partition coefficient (Wildman–Crippen LogP) is 1.01. The van der Waals surface area contributed by atoms with Crippen molar-refractivity contribution in [2.75, 3.05) is 12.4 Å². The zero-order chi connectivity index (χ0) is 22.4. The van der Waals surface area contributed by atoms with Crippen LogP contribution >= 0.6 is 0 Å². The molecule has 6 atom stereocenters. The number of hydrogen-bond donors (Lipinski definition) is 0. The first-order valence-electron chi connectivity index (χ1n) is 11.7. The Balaban J connectivity index is 1.19. The molecule has 6 unspecified atom stereocenters. The first-order valence-corrected chi connectivity index (χ1v) is 13.2. The van der Waals surface area contributed by atoms with Crippen molar-refractivity contribution in [3.8, 4) is 0 Å². The second-order valence-corrected chi connectivity index (χ2v) is 12.5. The van der Waals surface area contributed by atoms with Gasteiger partial charge < -0.3 is 18.8 Å². The van der Waals surface area contributed by atoms with Gasteiger partial charge in [-0.25, -0.2) is 8.42 Å². The fourth-order valence-electron chi connectivity index (χ4n) is 8.42. The molecule has 6 aliphatic carbocycles. The first kappa shape index (κ1) is 20.9. The lowest BCUT2D eigenvalue weighted by Gasteiger charge is -2.55. The highest BCUT2D eigenvalue weighted by molar-refractivity contribution is 7.85. The highest BCUT2D eigenvalue weighted by Crippen LogP contribution is 2.62. The van der Waals surface area contributed by atoms with Crippen LogP contribution in [0, 0.1) is 46.8 Å². The van der Waals surface area contributed by atoms with Gasteiger partial charge in [0.15, 0.2) is 0 Å². The van der Waals surface area contributed by atoms with E-state index in [1.54, 1.807) is 0 Å². The molecule has 7 fully saturated rings. The van der Waals surface area contributed by atoms with E-state index in [4.69, 9.17) is 14.2 Å². The lowest BCUT2D eigenvalue weighted by atomic mass is 9.49. The van der Waals surface area contributed by atoms with Gasteiger partial charge in [0.2, 0.25) is 0 Å². The maximum atomic E-state index is 13.5. The van der Waals surface area contributed by atoms with Crippen molar-refractivity contribution in [3.63, 3.8) is 0 Å². The zero-order valence-corrected chi connectivity index (χ0v) is 18.5. The van der Waals surface area contributed by atoms with Gasteiger partial charge in [-0.2, -0.15) is 0 Å². The van der Waals surface area contributed by atoms with Crippen LogP contribution in [0.25, 0.3) is 0 Å². The fraction of sp³-hybridized carbons (Fsp3) is 0.864. The Morgan fingerprint density at radius 2 is 1.66 bits per heavy atom. The van der Waals surface area contributed by atoms with Crippen LogP contribution in [0.4, 0.5) is 0 Å². The van der Waals surface area contributed by atoms with E-state index in [1.165, 1.54) is 19.3 Å². The monoisotopic (exact) mass is 467 g/mol. The summed E-state index contributed by atoms with van der Waals surface area (Å²) < 4.78 is 49.1. The van der Waals surface area contributed by atoms with Crippen LogP contribution in [0.1, 0.15) is 44.9 Å². The van der Waals surface area contributed by atoms with Crippen LogP contribution in [0.3, 0.4) is 0 Å². The molecule has 7 rings (SSSR count). The van der Waals surface area contributed by atoms with Crippen molar-refractivity contribution in [1.29, 1.82) is 0 Å². The molecule has 7 aliphatic rings. The maximum absolute atomic E-state index is 13.5. The molecule has 1 saturated heterocycles. The first-order chi connectivity index (χ1) is 15.1. The topological polar surface area (TPSA) is 136 Å². The van der Waals surface area contributed by atoms with Crippen LogP contribution in [-0.4, -0.2) is 55.4 Å². The van der Waals surface area contributed by atoms with Gasteiger partial charge in [0.25, 0.3) is 0 Å². The molecule has 9 nitrogen and oxygen atoms in total. The molecule has 10 heteroatoms. The average Bonchev–Trinajstić information content (AvgIpc) is 3.29. The summed E-state index contributed by atoms with van der Waals surface area (Å²) in [4.78, 5) is 38.7. The second kappa shape index (κ2) is 6.91. The molecule has 6 saturated carbocycles. The summed E-state index contributed by atoms with van der Waals surface area (Å²) >= 11 is 0. The van der Waals surface area contributed by atoms with Crippen LogP contribution < -0.4 is 0 Å². The molecule has 0 amide bonds. The highest BCUT2D eigenvalue weighted by atomic mass is 32.2. The quantitative estimate of drug-likeness (QED) is 0.318. The third-order valence-electron chi connectivity index (χ3n) is 9.11. The summed E-state index contributed by atoms with van der Waals surface area (Å²) in [6, 6.07) is 0. The van der Waals surface area contributed by atoms with Gasteiger partial charge >= 0.3 is 17.9 Å². The Kier molecular flexibility index (Phi) is 4.51. The summed E-state index contributed by atoms with van der Waals surface area (Å²) in [5.74, 6) is -2.58.